The molecule has 102 valence electrons. The van der Waals surface area contributed by atoms with E-state index < -0.39 is 0 Å². The third-order valence-corrected chi connectivity index (χ3v) is 3.28. The standard InChI is InChI=1S/C12H14IN3O2S/c1-2-5-10(17)14-12(19)16-15-11(18)8-6-3-4-7-9(8)13/h3-4,6-7H,2,5H2,1H3,(H,15,18)(H2,14,16,17,19). The molecule has 0 spiro atoms. The van der Waals surface area contributed by atoms with Crippen LogP contribution in [0.25, 0.3) is 0 Å². The van der Waals surface area contributed by atoms with Gasteiger partial charge in [0.1, 0.15) is 0 Å². The lowest BCUT2D eigenvalue weighted by Gasteiger charge is -2.11. The van der Waals surface area contributed by atoms with Crippen molar-refractivity contribution in [3.63, 3.8) is 0 Å². The highest BCUT2D eigenvalue weighted by atomic mass is 127. The van der Waals surface area contributed by atoms with Crippen LogP contribution in [0.3, 0.4) is 0 Å². The van der Waals surface area contributed by atoms with E-state index in [1.54, 1.807) is 12.1 Å². The van der Waals surface area contributed by atoms with Gasteiger partial charge in [-0.15, -0.1) is 0 Å². The molecule has 0 aliphatic heterocycles. The van der Waals surface area contributed by atoms with E-state index in [1.807, 2.05) is 19.1 Å². The van der Waals surface area contributed by atoms with Gasteiger partial charge in [0.05, 0.1) is 5.56 Å². The zero-order chi connectivity index (χ0) is 14.3. The number of carbonyl (C=O) groups excluding carboxylic acids is 2. The van der Waals surface area contributed by atoms with Crippen molar-refractivity contribution >= 4 is 51.7 Å². The molecule has 1 aromatic carbocycles. The number of nitrogens with one attached hydrogen (secondary N) is 3. The summed E-state index contributed by atoms with van der Waals surface area (Å²) in [5, 5.41) is 2.55. The normalized spacial score (nSPS) is 9.58. The van der Waals surface area contributed by atoms with Crippen LogP contribution in [0.4, 0.5) is 0 Å². The summed E-state index contributed by atoms with van der Waals surface area (Å²) in [6, 6.07) is 7.16. The average molecular weight is 391 g/mol. The van der Waals surface area contributed by atoms with Gasteiger partial charge in [-0.25, -0.2) is 0 Å². The van der Waals surface area contributed by atoms with Crippen molar-refractivity contribution in [2.45, 2.75) is 19.8 Å². The first kappa shape index (κ1) is 15.8. The second kappa shape index (κ2) is 8.05. The Morgan fingerprint density at radius 1 is 1.26 bits per heavy atom. The van der Waals surface area contributed by atoms with E-state index in [0.29, 0.717) is 12.0 Å². The Balaban J connectivity index is 2.45. The Hall–Kier alpha value is -1.22. The van der Waals surface area contributed by atoms with Crippen molar-refractivity contribution in [1.82, 2.24) is 16.2 Å². The number of thiocarbonyl (C=S) groups is 1. The topological polar surface area (TPSA) is 70.2 Å². The van der Waals surface area contributed by atoms with Crippen molar-refractivity contribution in [2.24, 2.45) is 0 Å². The van der Waals surface area contributed by atoms with Crippen molar-refractivity contribution in [2.75, 3.05) is 0 Å². The van der Waals surface area contributed by atoms with Gasteiger partial charge < -0.3 is 5.32 Å². The first-order valence-corrected chi connectivity index (χ1v) is 7.18. The van der Waals surface area contributed by atoms with Crippen molar-refractivity contribution in [1.29, 1.82) is 0 Å². The summed E-state index contributed by atoms with van der Waals surface area (Å²) in [5.41, 5.74) is 5.47. The monoisotopic (exact) mass is 391 g/mol. The number of halogens is 1. The van der Waals surface area contributed by atoms with Crippen molar-refractivity contribution in [3.8, 4) is 0 Å². The lowest BCUT2D eigenvalue weighted by molar-refractivity contribution is -0.119. The summed E-state index contributed by atoms with van der Waals surface area (Å²) in [4.78, 5) is 23.1. The maximum absolute atomic E-state index is 11.8. The van der Waals surface area contributed by atoms with Crippen molar-refractivity contribution in [3.05, 3.63) is 33.4 Å². The highest BCUT2D eigenvalue weighted by Crippen LogP contribution is 2.10. The van der Waals surface area contributed by atoms with Gasteiger partial charge in [-0.1, -0.05) is 19.1 Å². The summed E-state index contributed by atoms with van der Waals surface area (Å²) in [6.45, 7) is 1.90. The number of hydrogen-bond acceptors (Lipinski definition) is 3. The van der Waals surface area contributed by atoms with E-state index in [9.17, 15) is 9.59 Å². The van der Waals surface area contributed by atoms with E-state index in [1.165, 1.54) is 0 Å². The van der Waals surface area contributed by atoms with Crippen LogP contribution in [0.5, 0.6) is 0 Å². The lowest BCUT2D eigenvalue weighted by atomic mass is 10.2. The van der Waals surface area contributed by atoms with Crippen LogP contribution in [0, 0.1) is 3.57 Å². The van der Waals surface area contributed by atoms with Gasteiger partial charge in [-0.3, -0.25) is 20.4 Å². The van der Waals surface area contributed by atoms with Crippen LogP contribution in [0.15, 0.2) is 24.3 Å². The Morgan fingerprint density at radius 2 is 1.95 bits per heavy atom. The molecule has 0 unspecified atom stereocenters. The third kappa shape index (κ3) is 5.52. The first-order chi connectivity index (χ1) is 9.04. The number of hydrogen-bond donors (Lipinski definition) is 3. The second-order valence-corrected chi connectivity index (χ2v) is 5.26. The minimum Gasteiger partial charge on any atom is -0.302 e. The molecular formula is C12H14IN3O2S. The number of carbonyl (C=O) groups is 2. The van der Waals surface area contributed by atoms with E-state index in [4.69, 9.17) is 12.2 Å². The van der Waals surface area contributed by atoms with Gasteiger partial charge in [0.25, 0.3) is 5.91 Å². The molecule has 1 rings (SSSR count). The number of amides is 2. The van der Waals surface area contributed by atoms with Crippen LogP contribution in [-0.2, 0) is 4.79 Å². The van der Waals surface area contributed by atoms with Gasteiger partial charge in [0.2, 0.25) is 5.91 Å². The zero-order valence-corrected chi connectivity index (χ0v) is 13.3. The zero-order valence-electron chi connectivity index (χ0n) is 10.3. The maximum atomic E-state index is 11.8. The fourth-order valence-corrected chi connectivity index (χ4v) is 2.07. The van der Waals surface area contributed by atoms with Crippen LogP contribution in [-0.4, -0.2) is 16.9 Å². The van der Waals surface area contributed by atoms with Gasteiger partial charge in [0, 0.05) is 9.99 Å². The van der Waals surface area contributed by atoms with E-state index in [-0.39, 0.29) is 16.9 Å². The molecular weight excluding hydrogens is 377 g/mol. The molecule has 0 bridgehead atoms. The van der Waals surface area contributed by atoms with Crippen LogP contribution < -0.4 is 16.2 Å². The predicted octanol–water partition coefficient (Wildman–Crippen LogP) is 1.73. The molecule has 0 aliphatic carbocycles. The minimum absolute atomic E-state index is 0.0812. The molecule has 19 heavy (non-hydrogen) atoms. The molecule has 1 aromatic rings. The van der Waals surface area contributed by atoms with E-state index in [2.05, 4.69) is 38.8 Å². The van der Waals surface area contributed by atoms with Crippen molar-refractivity contribution < 1.29 is 9.59 Å². The summed E-state index contributed by atoms with van der Waals surface area (Å²) in [6.07, 6.45) is 1.13. The summed E-state index contributed by atoms with van der Waals surface area (Å²) < 4.78 is 0.834. The summed E-state index contributed by atoms with van der Waals surface area (Å²) in [5.74, 6) is -0.486. The Morgan fingerprint density at radius 3 is 2.58 bits per heavy atom. The minimum atomic E-state index is -0.308. The SMILES string of the molecule is CCCC(=O)NC(=S)NNC(=O)c1ccccc1I. The first-order valence-electron chi connectivity index (χ1n) is 5.69. The predicted molar refractivity (Wildman–Crippen MR) is 85.4 cm³/mol. The lowest BCUT2D eigenvalue weighted by Crippen LogP contribution is -2.48. The molecule has 0 fully saturated rings. The number of hydrazine groups is 1. The van der Waals surface area contributed by atoms with E-state index in [0.717, 1.165) is 9.99 Å². The number of benzene rings is 1. The quantitative estimate of drug-likeness (QED) is 0.417. The molecule has 0 atom stereocenters. The Labute approximate surface area is 130 Å². The van der Waals surface area contributed by atoms with Crippen LogP contribution in [0.2, 0.25) is 0 Å². The maximum Gasteiger partial charge on any atom is 0.270 e. The molecule has 3 N–H and O–H groups in total. The average Bonchev–Trinajstić information content (AvgIpc) is 2.36. The summed E-state index contributed by atoms with van der Waals surface area (Å²) >= 11 is 6.96. The highest BCUT2D eigenvalue weighted by Gasteiger charge is 2.09. The fourth-order valence-electron chi connectivity index (χ4n) is 1.27. The largest absolute Gasteiger partial charge is 0.302 e. The van der Waals surface area contributed by atoms with Gasteiger partial charge in [-0.2, -0.15) is 0 Å². The molecule has 0 heterocycles. The number of rotatable bonds is 3. The summed E-state index contributed by atoms with van der Waals surface area (Å²) in [7, 11) is 0. The van der Waals surface area contributed by atoms with Gasteiger partial charge in [-0.05, 0) is 53.4 Å². The van der Waals surface area contributed by atoms with Gasteiger partial charge in [0.15, 0.2) is 5.11 Å². The smallest absolute Gasteiger partial charge is 0.270 e. The molecule has 0 saturated heterocycles. The van der Waals surface area contributed by atoms with Crippen LogP contribution in [0.1, 0.15) is 30.1 Å². The van der Waals surface area contributed by atoms with Gasteiger partial charge >= 0.3 is 0 Å². The Bertz CT molecular complexity index is 494. The molecule has 2 amide bonds. The highest BCUT2D eigenvalue weighted by molar-refractivity contribution is 14.1. The molecule has 0 aliphatic rings. The third-order valence-electron chi connectivity index (χ3n) is 2.14. The molecule has 5 nitrogen and oxygen atoms in total. The molecule has 0 aromatic heterocycles. The second-order valence-electron chi connectivity index (χ2n) is 3.69. The Kier molecular flexibility index (Phi) is 6.71. The molecule has 0 radical (unpaired) electrons. The van der Waals surface area contributed by atoms with E-state index >= 15 is 0 Å². The fraction of sp³-hybridized carbons (Fsp3) is 0.250. The van der Waals surface area contributed by atoms with Crippen LogP contribution >= 0.6 is 34.8 Å². The molecule has 0 saturated carbocycles. The molecule has 7 heteroatoms.